The summed E-state index contributed by atoms with van der Waals surface area (Å²) in [5, 5.41) is 6.17. The van der Waals surface area contributed by atoms with E-state index >= 15 is 0 Å². The van der Waals surface area contributed by atoms with Gasteiger partial charge in [-0.15, -0.1) is 0 Å². The first-order valence-electron chi connectivity index (χ1n) is 6.10. The van der Waals surface area contributed by atoms with E-state index in [1.807, 2.05) is 13.8 Å². The van der Waals surface area contributed by atoms with Gasteiger partial charge in [0.25, 0.3) is 0 Å². The van der Waals surface area contributed by atoms with Gasteiger partial charge in [-0.25, -0.2) is 4.98 Å². The van der Waals surface area contributed by atoms with Gasteiger partial charge in [-0.2, -0.15) is 0 Å². The Labute approximate surface area is 101 Å². The summed E-state index contributed by atoms with van der Waals surface area (Å²) >= 11 is 0. The Morgan fingerprint density at radius 3 is 3.00 bits per heavy atom. The van der Waals surface area contributed by atoms with Crippen molar-refractivity contribution in [1.29, 1.82) is 0 Å². The van der Waals surface area contributed by atoms with Gasteiger partial charge in [-0.05, 0) is 26.7 Å². The van der Waals surface area contributed by atoms with Crippen LogP contribution in [0, 0.1) is 6.92 Å². The zero-order valence-electron chi connectivity index (χ0n) is 10.3. The summed E-state index contributed by atoms with van der Waals surface area (Å²) < 4.78 is 5.36. The second kappa shape index (κ2) is 5.31. The van der Waals surface area contributed by atoms with Crippen LogP contribution in [-0.4, -0.2) is 23.5 Å². The van der Waals surface area contributed by atoms with Crippen molar-refractivity contribution >= 4 is 5.91 Å². The zero-order valence-corrected chi connectivity index (χ0v) is 10.3. The Balaban J connectivity index is 1.69. The van der Waals surface area contributed by atoms with Crippen molar-refractivity contribution in [3.05, 3.63) is 17.8 Å². The second-order valence-corrected chi connectivity index (χ2v) is 4.58. The molecule has 1 amide bonds. The van der Waals surface area contributed by atoms with Crippen LogP contribution in [0.2, 0.25) is 0 Å². The molecule has 1 unspecified atom stereocenters. The van der Waals surface area contributed by atoms with Crippen molar-refractivity contribution in [3.63, 3.8) is 0 Å². The third-order valence-electron chi connectivity index (χ3n) is 2.75. The maximum Gasteiger partial charge on any atom is 0.221 e. The van der Waals surface area contributed by atoms with Gasteiger partial charge >= 0.3 is 0 Å². The maximum absolute atomic E-state index is 11.6. The molecule has 2 N–H and O–H groups in total. The standard InChI is InChI=1S/C12H19N3O2/c1-8-7-14-12(17-8)9(2)15-11(16)5-6-13-10-3-4-10/h7,9-10,13H,3-6H2,1-2H3,(H,15,16). The molecule has 1 aliphatic rings. The lowest BCUT2D eigenvalue weighted by Crippen LogP contribution is -2.30. The Morgan fingerprint density at radius 2 is 2.41 bits per heavy atom. The van der Waals surface area contributed by atoms with Gasteiger partial charge in [-0.1, -0.05) is 0 Å². The number of carbonyl (C=O) groups excluding carboxylic acids is 1. The van der Waals surface area contributed by atoms with Crippen LogP contribution in [0.25, 0.3) is 0 Å². The number of nitrogens with zero attached hydrogens (tertiary/aromatic N) is 1. The first-order valence-corrected chi connectivity index (χ1v) is 6.10. The smallest absolute Gasteiger partial charge is 0.221 e. The Kier molecular flexibility index (Phi) is 3.78. The number of hydrogen-bond donors (Lipinski definition) is 2. The largest absolute Gasteiger partial charge is 0.444 e. The van der Waals surface area contributed by atoms with Crippen LogP contribution in [0.15, 0.2) is 10.6 Å². The van der Waals surface area contributed by atoms with E-state index in [1.165, 1.54) is 12.8 Å². The van der Waals surface area contributed by atoms with E-state index in [-0.39, 0.29) is 11.9 Å². The number of nitrogens with one attached hydrogen (secondary N) is 2. The van der Waals surface area contributed by atoms with Crippen LogP contribution in [0.4, 0.5) is 0 Å². The molecular formula is C12H19N3O2. The lowest BCUT2D eigenvalue weighted by molar-refractivity contribution is -0.121. The molecule has 94 valence electrons. The number of rotatable bonds is 6. The van der Waals surface area contributed by atoms with Gasteiger partial charge in [0, 0.05) is 19.0 Å². The predicted molar refractivity (Wildman–Crippen MR) is 63.4 cm³/mol. The number of carbonyl (C=O) groups is 1. The summed E-state index contributed by atoms with van der Waals surface area (Å²) in [4.78, 5) is 15.7. The van der Waals surface area contributed by atoms with Crippen molar-refractivity contribution < 1.29 is 9.21 Å². The average molecular weight is 237 g/mol. The molecule has 0 saturated heterocycles. The van der Waals surface area contributed by atoms with Crippen molar-refractivity contribution in [1.82, 2.24) is 15.6 Å². The molecule has 0 aliphatic heterocycles. The van der Waals surface area contributed by atoms with Gasteiger partial charge in [0.1, 0.15) is 11.8 Å². The minimum atomic E-state index is -0.169. The molecule has 0 bridgehead atoms. The van der Waals surface area contributed by atoms with Gasteiger partial charge in [0.2, 0.25) is 11.8 Å². The number of hydrogen-bond acceptors (Lipinski definition) is 4. The molecule has 2 rings (SSSR count). The summed E-state index contributed by atoms with van der Waals surface area (Å²) in [5.41, 5.74) is 0. The van der Waals surface area contributed by atoms with E-state index in [0.29, 0.717) is 18.4 Å². The van der Waals surface area contributed by atoms with E-state index < -0.39 is 0 Å². The van der Waals surface area contributed by atoms with Gasteiger partial charge in [-0.3, -0.25) is 4.79 Å². The van der Waals surface area contributed by atoms with E-state index in [0.717, 1.165) is 12.3 Å². The van der Waals surface area contributed by atoms with E-state index in [1.54, 1.807) is 6.20 Å². The highest BCUT2D eigenvalue weighted by Crippen LogP contribution is 2.18. The second-order valence-electron chi connectivity index (χ2n) is 4.58. The molecule has 17 heavy (non-hydrogen) atoms. The molecule has 1 aromatic rings. The predicted octanol–water partition coefficient (Wildman–Crippen LogP) is 1.30. The molecule has 1 heterocycles. The molecule has 5 heteroatoms. The number of amides is 1. The highest BCUT2D eigenvalue weighted by molar-refractivity contribution is 5.76. The number of aryl methyl sites for hydroxylation is 1. The Bertz CT molecular complexity index is 385. The summed E-state index contributed by atoms with van der Waals surface area (Å²) in [6, 6.07) is 0.478. The molecule has 1 fully saturated rings. The highest BCUT2D eigenvalue weighted by Gasteiger charge is 2.20. The quantitative estimate of drug-likeness (QED) is 0.782. The fourth-order valence-electron chi connectivity index (χ4n) is 1.63. The topological polar surface area (TPSA) is 67.2 Å². The van der Waals surface area contributed by atoms with Crippen molar-refractivity contribution in [2.45, 2.75) is 45.2 Å². The molecule has 1 aromatic heterocycles. The molecule has 0 aromatic carbocycles. The van der Waals surface area contributed by atoms with Crippen LogP contribution in [0.5, 0.6) is 0 Å². The summed E-state index contributed by atoms with van der Waals surface area (Å²) in [6.07, 6.45) is 4.65. The highest BCUT2D eigenvalue weighted by atomic mass is 16.4. The molecule has 1 saturated carbocycles. The Hall–Kier alpha value is -1.36. The van der Waals surface area contributed by atoms with Crippen LogP contribution in [0.3, 0.4) is 0 Å². The number of oxazole rings is 1. The zero-order chi connectivity index (χ0) is 12.3. The van der Waals surface area contributed by atoms with Crippen LogP contribution in [-0.2, 0) is 4.79 Å². The third-order valence-corrected chi connectivity index (χ3v) is 2.75. The third kappa shape index (κ3) is 3.85. The Morgan fingerprint density at radius 1 is 1.65 bits per heavy atom. The van der Waals surface area contributed by atoms with Crippen molar-refractivity contribution in [2.75, 3.05) is 6.54 Å². The molecule has 1 atom stereocenters. The summed E-state index contributed by atoms with van der Waals surface area (Å²) in [6.45, 7) is 4.45. The fraction of sp³-hybridized carbons (Fsp3) is 0.667. The van der Waals surface area contributed by atoms with Crippen molar-refractivity contribution in [3.8, 4) is 0 Å². The normalized spacial score (nSPS) is 16.8. The van der Waals surface area contributed by atoms with Crippen molar-refractivity contribution in [2.24, 2.45) is 0 Å². The van der Waals surface area contributed by atoms with E-state index in [4.69, 9.17) is 4.42 Å². The molecule has 5 nitrogen and oxygen atoms in total. The monoisotopic (exact) mass is 237 g/mol. The molecule has 0 spiro atoms. The summed E-state index contributed by atoms with van der Waals surface area (Å²) in [5.74, 6) is 1.35. The van der Waals surface area contributed by atoms with Crippen LogP contribution >= 0.6 is 0 Å². The van der Waals surface area contributed by atoms with E-state index in [2.05, 4.69) is 15.6 Å². The maximum atomic E-state index is 11.6. The molecule has 0 radical (unpaired) electrons. The van der Waals surface area contributed by atoms with E-state index in [9.17, 15) is 4.79 Å². The minimum Gasteiger partial charge on any atom is -0.444 e. The minimum absolute atomic E-state index is 0.0292. The van der Waals surface area contributed by atoms with Crippen LogP contribution in [0.1, 0.15) is 43.9 Å². The first-order chi connectivity index (χ1) is 8.15. The van der Waals surface area contributed by atoms with Gasteiger partial charge in [0.05, 0.1) is 6.20 Å². The molecule has 1 aliphatic carbocycles. The fourth-order valence-corrected chi connectivity index (χ4v) is 1.63. The van der Waals surface area contributed by atoms with Gasteiger partial charge in [0.15, 0.2) is 0 Å². The number of aromatic nitrogens is 1. The SMILES string of the molecule is Cc1cnc(C(C)NC(=O)CCNC2CC2)o1. The van der Waals surface area contributed by atoms with Crippen LogP contribution < -0.4 is 10.6 Å². The first kappa shape index (κ1) is 12.1. The van der Waals surface area contributed by atoms with Gasteiger partial charge < -0.3 is 15.1 Å². The lowest BCUT2D eigenvalue weighted by Gasteiger charge is -2.10. The summed E-state index contributed by atoms with van der Waals surface area (Å²) in [7, 11) is 0. The lowest BCUT2D eigenvalue weighted by atomic mass is 10.3. The molecular weight excluding hydrogens is 218 g/mol. The average Bonchev–Trinajstić information content (AvgIpc) is 2.99.